The highest BCUT2D eigenvalue weighted by Gasteiger charge is 2.36. The minimum atomic E-state index is -0.893. The molecule has 2 N–H and O–H groups in total. The molecule has 2 aliphatic rings. The SMILES string of the molecule is O=C1CCn2c(nc3ccccc32)C1C(=O)Nc1ccc(OCCNC2CC2)cc1. The van der Waals surface area contributed by atoms with Crippen LogP contribution in [0.15, 0.2) is 48.5 Å². The third kappa shape index (κ3) is 3.80. The number of para-hydroxylation sites is 2. The zero-order chi connectivity index (χ0) is 20.5. The fraction of sp³-hybridized carbons (Fsp3) is 0.348. The average molecular weight is 404 g/mol. The zero-order valence-electron chi connectivity index (χ0n) is 16.6. The lowest BCUT2D eigenvalue weighted by Gasteiger charge is -2.22. The molecule has 1 saturated carbocycles. The van der Waals surface area contributed by atoms with E-state index in [0.717, 1.165) is 23.3 Å². The smallest absolute Gasteiger partial charge is 0.242 e. The normalized spacial score (nSPS) is 18.3. The molecular weight excluding hydrogens is 380 g/mol. The number of nitrogens with one attached hydrogen (secondary N) is 2. The van der Waals surface area contributed by atoms with E-state index >= 15 is 0 Å². The topological polar surface area (TPSA) is 85.2 Å². The van der Waals surface area contributed by atoms with Gasteiger partial charge in [0.2, 0.25) is 5.91 Å². The first-order valence-corrected chi connectivity index (χ1v) is 10.4. The fourth-order valence-corrected chi connectivity index (χ4v) is 3.89. The number of carbonyl (C=O) groups is 2. The molecule has 2 heterocycles. The largest absolute Gasteiger partial charge is 0.492 e. The van der Waals surface area contributed by atoms with E-state index in [1.54, 1.807) is 12.1 Å². The number of anilines is 1. The summed E-state index contributed by atoms with van der Waals surface area (Å²) in [6.07, 6.45) is 2.84. The van der Waals surface area contributed by atoms with Crippen molar-refractivity contribution in [2.45, 2.75) is 37.8 Å². The molecule has 0 radical (unpaired) electrons. The van der Waals surface area contributed by atoms with Gasteiger partial charge in [-0.1, -0.05) is 12.1 Å². The summed E-state index contributed by atoms with van der Waals surface area (Å²) in [5.74, 6) is -0.0678. The number of amides is 1. The summed E-state index contributed by atoms with van der Waals surface area (Å²) in [4.78, 5) is 30.1. The Kier molecular flexibility index (Phi) is 4.96. The zero-order valence-corrected chi connectivity index (χ0v) is 16.6. The lowest BCUT2D eigenvalue weighted by molar-refractivity contribution is -0.128. The van der Waals surface area contributed by atoms with Crippen LogP contribution < -0.4 is 15.4 Å². The van der Waals surface area contributed by atoms with Gasteiger partial charge in [0.1, 0.15) is 18.2 Å². The predicted octanol–water partition coefficient (Wildman–Crippen LogP) is 2.86. The monoisotopic (exact) mass is 404 g/mol. The molecule has 154 valence electrons. The van der Waals surface area contributed by atoms with Crippen LogP contribution in [0.2, 0.25) is 0 Å². The molecule has 1 fully saturated rings. The molecule has 7 heteroatoms. The van der Waals surface area contributed by atoms with E-state index in [2.05, 4.69) is 15.6 Å². The van der Waals surface area contributed by atoms with Gasteiger partial charge in [0.25, 0.3) is 0 Å². The molecule has 1 aromatic heterocycles. The summed E-state index contributed by atoms with van der Waals surface area (Å²) >= 11 is 0. The number of carbonyl (C=O) groups excluding carboxylic acids is 2. The Morgan fingerprint density at radius 2 is 1.93 bits per heavy atom. The summed E-state index contributed by atoms with van der Waals surface area (Å²) in [5, 5.41) is 6.26. The molecule has 1 atom stereocenters. The maximum Gasteiger partial charge on any atom is 0.242 e. The van der Waals surface area contributed by atoms with Crippen molar-refractivity contribution < 1.29 is 14.3 Å². The van der Waals surface area contributed by atoms with Crippen molar-refractivity contribution in [2.24, 2.45) is 0 Å². The molecule has 0 bridgehead atoms. The van der Waals surface area contributed by atoms with Gasteiger partial charge in [-0.05, 0) is 49.2 Å². The van der Waals surface area contributed by atoms with E-state index in [9.17, 15) is 9.59 Å². The van der Waals surface area contributed by atoms with Crippen molar-refractivity contribution in [3.05, 3.63) is 54.4 Å². The molecule has 0 saturated heterocycles. The van der Waals surface area contributed by atoms with E-state index in [1.807, 2.05) is 41.0 Å². The van der Waals surface area contributed by atoms with Crippen LogP contribution in [0, 0.1) is 0 Å². The van der Waals surface area contributed by atoms with Crippen LogP contribution in [0.1, 0.15) is 31.0 Å². The number of ketones is 1. The van der Waals surface area contributed by atoms with Gasteiger partial charge in [0, 0.05) is 31.2 Å². The molecule has 0 spiro atoms. The van der Waals surface area contributed by atoms with Crippen molar-refractivity contribution in [1.82, 2.24) is 14.9 Å². The van der Waals surface area contributed by atoms with Crippen molar-refractivity contribution in [3.8, 4) is 5.75 Å². The quantitative estimate of drug-likeness (QED) is 0.467. The van der Waals surface area contributed by atoms with Gasteiger partial charge in [-0.15, -0.1) is 0 Å². The maximum absolute atomic E-state index is 13.0. The predicted molar refractivity (Wildman–Crippen MR) is 114 cm³/mol. The highest BCUT2D eigenvalue weighted by Crippen LogP contribution is 2.29. The van der Waals surface area contributed by atoms with Crippen molar-refractivity contribution in [2.75, 3.05) is 18.5 Å². The molecular formula is C23H24N4O3. The standard InChI is InChI=1S/C23H24N4O3/c28-20-11-13-27-19-4-2-1-3-18(19)26-22(27)21(20)23(29)25-16-7-9-17(10-8-16)30-14-12-24-15-5-6-15/h1-4,7-10,15,21,24H,5-6,11-14H2,(H,25,29). The molecule has 7 nitrogen and oxygen atoms in total. The number of imidazole rings is 1. The lowest BCUT2D eigenvalue weighted by Crippen LogP contribution is -2.34. The number of hydrogen-bond donors (Lipinski definition) is 2. The molecule has 2 aromatic carbocycles. The summed E-state index contributed by atoms with van der Waals surface area (Å²) in [5.41, 5.74) is 2.39. The number of fused-ring (bicyclic) bond motifs is 3. The summed E-state index contributed by atoms with van der Waals surface area (Å²) in [6.45, 7) is 1.99. The minimum Gasteiger partial charge on any atom is -0.492 e. The minimum absolute atomic E-state index is 0.0987. The molecule has 30 heavy (non-hydrogen) atoms. The van der Waals surface area contributed by atoms with Gasteiger partial charge in [0.15, 0.2) is 11.7 Å². The van der Waals surface area contributed by atoms with Crippen LogP contribution >= 0.6 is 0 Å². The van der Waals surface area contributed by atoms with E-state index in [4.69, 9.17) is 4.74 Å². The molecule has 1 amide bonds. The second-order valence-corrected chi connectivity index (χ2v) is 7.85. The first-order valence-electron chi connectivity index (χ1n) is 10.4. The third-order valence-electron chi connectivity index (χ3n) is 5.61. The Morgan fingerprint density at radius 1 is 1.13 bits per heavy atom. The van der Waals surface area contributed by atoms with Gasteiger partial charge >= 0.3 is 0 Å². The second kappa shape index (κ2) is 7.91. The Bertz CT molecular complexity index is 1090. The maximum atomic E-state index is 13.0. The molecule has 5 rings (SSSR count). The molecule has 1 unspecified atom stereocenters. The third-order valence-corrected chi connectivity index (χ3v) is 5.61. The first-order chi connectivity index (χ1) is 14.7. The number of benzene rings is 2. The van der Waals surface area contributed by atoms with E-state index in [-0.39, 0.29) is 11.7 Å². The Balaban J connectivity index is 1.26. The Labute approximate surface area is 174 Å². The number of rotatable bonds is 7. The number of hydrogen-bond acceptors (Lipinski definition) is 5. The van der Waals surface area contributed by atoms with Gasteiger partial charge < -0.3 is 19.9 Å². The number of aryl methyl sites for hydroxylation is 1. The highest BCUT2D eigenvalue weighted by atomic mass is 16.5. The van der Waals surface area contributed by atoms with Crippen molar-refractivity contribution in [1.29, 1.82) is 0 Å². The van der Waals surface area contributed by atoms with Crippen LogP contribution in [0.3, 0.4) is 0 Å². The first kappa shape index (κ1) is 18.8. The van der Waals surface area contributed by atoms with Crippen LogP contribution in [0.4, 0.5) is 5.69 Å². The number of Topliss-reactive ketones (excluding diaryl/α,β-unsaturated/α-hetero) is 1. The average Bonchev–Trinajstić information content (AvgIpc) is 3.51. The second-order valence-electron chi connectivity index (χ2n) is 7.85. The van der Waals surface area contributed by atoms with E-state index < -0.39 is 5.92 Å². The van der Waals surface area contributed by atoms with Gasteiger partial charge in [-0.2, -0.15) is 0 Å². The van der Waals surface area contributed by atoms with Crippen LogP contribution in [-0.4, -0.2) is 40.4 Å². The van der Waals surface area contributed by atoms with E-state index in [1.165, 1.54) is 12.8 Å². The van der Waals surface area contributed by atoms with Crippen molar-refractivity contribution >= 4 is 28.4 Å². The van der Waals surface area contributed by atoms with Crippen molar-refractivity contribution in [3.63, 3.8) is 0 Å². The van der Waals surface area contributed by atoms with Crippen LogP contribution in [0.25, 0.3) is 11.0 Å². The lowest BCUT2D eigenvalue weighted by atomic mass is 9.96. The summed E-state index contributed by atoms with van der Waals surface area (Å²) in [6, 6.07) is 15.6. The Morgan fingerprint density at radius 3 is 2.73 bits per heavy atom. The van der Waals surface area contributed by atoms with Gasteiger partial charge in [-0.3, -0.25) is 9.59 Å². The Hall–Kier alpha value is -3.19. The molecule has 1 aliphatic carbocycles. The molecule has 3 aromatic rings. The molecule has 1 aliphatic heterocycles. The number of ether oxygens (including phenoxy) is 1. The summed E-state index contributed by atoms with van der Waals surface area (Å²) < 4.78 is 7.69. The fourth-order valence-electron chi connectivity index (χ4n) is 3.89. The van der Waals surface area contributed by atoms with Crippen LogP contribution in [-0.2, 0) is 16.1 Å². The number of aromatic nitrogens is 2. The number of nitrogens with zero attached hydrogens (tertiary/aromatic N) is 2. The van der Waals surface area contributed by atoms with Crippen LogP contribution in [0.5, 0.6) is 5.75 Å². The highest BCUT2D eigenvalue weighted by molar-refractivity contribution is 6.12. The van der Waals surface area contributed by atoms with Gasteiger partial charge in [-0.25, -0.2) is 4.98 Å². The van der Waals surface area contributed by atoms with E-state index in [0.29, 0.717) is 37.1 Å². The summed E-state index contributed by atoms with van der Waals surface area (Å²) in [7, 11) is 0. The van der Waals surface area contributed by atoms with Gasteiger partial charge in [0.05, 0.1) is 11.0 Å².